The van der Waals surface area contributed by atoms with Crippen molar-refractivity contribution in [3.63, 3.8) is 0 Å². The number of rotatable bonds is 4. The van der Waals surface area contributed by atoms with E-state index in [9.17, 15) is 4.79 Å². The highest BCUT2D eigenvalue weighted by atomic mass is 16.2. The summed E-state index contributed by atoms with van der Waals surface area (Å²) in [6, 6.07) is 8.76. The largest absolute Gasteiger partial charge is 0.334 e. The molecule has 2 aromatic rings. The van der Waals surface area contributed by atoms with Crippen LogP contribution in [-0.2, 0) is 6.54 Å². The lowest BCUT2D eigenvalue weighted by Crippen LogP contribution is -2.49. The highest BCUT2D eigenvalue weighted by molar-refractivity contribution is 5.73. The molecule has 1 saturated heterocycles. The fraction of sp³-hybridized carbons (Fsp3) is 0.421. The van der Waals surface area contributed by atoms with Gasteiger partial charge in [0.25, 0.3) is 0 Å². The van der Waals surface area contributed by atoms with E-state index in [-0.39, 0.29) is 12.1 Å². The Hall–Kier alpha value is -2.47. The van der Waals surface area contributed by atoms with Gasteiger partial charge in [0.2, 0.25) is 0 Å². The minimum Gasteiger partial charge on any atom is -0.334 e. The zero-order valence-corrected chi connectivity index (χ0v) is 14.9. The van der Waals surface area contributed by atoms with Crippen molar-refractivity contribution in [2.24, 2.45) is 0 Å². The van der Waals surface area contributed by atoms with Gasteiger partial charge < -0.3 is 10.2 Å². The van der Waals surface area contributed by atoms with Gasteiger partial charge in [-0.15, -0.1) is 0 Å². The molecule has 6 nitrogen and oxygen atoms in total. The number of nitrogens with one attached hydrogen (secondary N) is 1. The van der Waals surface area contributed by atoms with Gasteiger partial charge in [-0.2, -0.15) is 0 Å². The Morgan fingerprint density at radius 2 is 1.92 bits per heavy atom. The first-order chi connectivity index (χ1) is 12.1. The zero-order valence-electron chi connectivity index (χ0n) is 14.9. The lowest BCUT2D eigenvalue weighted by molar-refractivity contribution is 0.172. The molecule has 1 N–H and O–H groups in total. The van der Waals surface area contributed by atoms with Gasteiger partial charge >= 0.3 is 6.03 Å². The highest BCUT2D eigenvalue weighted by Crippen LogP contribution is 2.19. The molecule has 2 amide bonds. The molecule has 1 aliphatic heterocycles. The topological polar surface area (TPSA) is 61.4 Å². The summed E-state index contributed by atoms with van der Waals surface area (Å²) in [5, 5.41) is 3.10. The molecular formula is C19H25N5O. The Morgan fingerprint density at radius 1 is 1.20 bits per heavy atom. The molecule has 0 radical (unpaired) electrons. The summed E-state index contributed by atoms with van der Waals surface area (Å²) in [4.78, 5) is 24.0. The average Bonchev–Trinajstić information content (AvgIpc) is 2.63. The molecule has 132 valence electrons. The van der Waals surface area contributed by atoms with Crippen molar-refractivity contribution in [3.05, 3.63) is 48.5 Å². The maximum Gasteiger partial charge on any atom is 0.317 e. The van der Waals surface area contributed by atoms with Crippen molar-refractivity contribution in [2.75, 3.05) is 27.2 Å². The first kappa shape index (κ1) is 17.4. The number of hydrogen-bond donors (Lipinski definition) is 1. The third kappa shape index (κ3) is 4.76. The number of carbonyl (C=O) groups is 1. The van der Waals surface area contributed by atoms with Crippen LogP contribution in [0.2, 0.25) is 0 Å². The Bertz CT molecular complexity index is 687. The predicted octanol–water partition coefficient (Wildman–Crippen LogP) is 2.38. The Morgan fingerprint density at radius 3 is 2.60 bits per heavy atom. The molecule has 25 heavy (non-hydrogen) atoms. The lowest BCUT2D eigenvalue weighted by Gasteiger charge is -2.33. The van der Waals surface area contributed by atoms with Crippen molar-refractivity contribution in [3.8, 4) is 11.1 Å². The van der Waals surface area contributed by atoms with Gasteiger partial charge in [-0.3, -0.25) is 4.90 Å². The van der Waals surface area contributed by atoms with E-state index < -0.39 is 0 Å². The number of aromatic nitrogens is 2. The summed E-state index contributed by atoms with van der Waals surface area (Å²) in [6.45, 7) is 2.87. The van der Waals surface area contributed by atoms with Crippen LogP contribution in [-0.4, -0.2) is 59.0 Å². The second-order valence-electron chi connectivity index (χ2n) is 6.74. The number of amides is 2. The number of hydrogen-bond acceptors (Lipinski definition) is 4. The van der Waals surface area contributed by atoms with E-state index in [0.29, 0.717) is 0 Å². The Kier molecular flexibility index (Phi) is 5.60. The molecular weight excluding hydrogens is 314 g/mol. The summed E-state index contributed by atoms with van der Waals surface area (Å²) in [6.07, 6.45) is 7.34. The fourth-order valence-corrected chi connectivity index (χ4v) is 3.13. The fourth-order valence-electron chi connectivity index (χ4n) is 3.13. The van der Waals surface area contributed by atoms with Crippen molar-refractivity contribution >= 4 is 6.03 Å². The van der Waals surface area contributed by atoms with E-state index in [1.807, 2.05) is 12.4 Å². The number of urea groups is 1. The quantitative estimate of drug-likeness (QED) is 0.929. The van der Waals surface area contributed by atoms with E-state index in [0.717, 1.165) is 43.6 Å². The molecule has 1 aliphatic rings. The summed E-state index contributed by atoms with van der Waals surface area (Å²) in [5.74, 6) is 0. The molecule has 1 fully saturated rings. The van der Waals surface area contributed by atoms with E-state index >= 15 is 0 Å². The van der Waals surface area contributed by atoms with Crippen LogP contribution in [0.15, 0.2) is 43.0 Å². The van der Waals surface area contributed by atoms with E-state index in [1.165, 1.54) is 5.56 Å². The lowest BCUT2D eigenvalue weighted by atomic mass is 10.0. The molecule has 1 unspecified atom stereocenters. The van der Waals surface area contributed by atoms with Gasteiger partial charge in [0, 0.05) is 51.2 Å². The second-order valence-corrected chi connectivity index (χ2v) is 6.74. The number of piperidine rings is 1. The summed E-state index contributed by atoms with van der Waals surface area (Å²) in [5.41, 5.74) is 3.43. The predicted molar refractivity (Wildman–Crippen MR) is 98.0 cm³/mol. The molecule has 1 aromatic carbocycles. The Balaban J connectivity index is 1.57. The summed E-state index contributed by atoms with van der Waals surface area (Å²) in [7, 11) is 3.55. The molecule has 6 heteroatoms. The third-order valence-corrected chi connectivity index (χ3v) is 4.49. The third-order valence-electron chi connectivity index (χ3n) is 4.49. The monoisotopic (exact) mass is 339 g/mol. The van der Waals surface area contributed by atoms with Crippen molar-refractivity contribution < 1.29 is 4.79 Å². The van der Waals surface area contributed by atoms with Crippen LogP contribution in [0.5, 0.6) is 0 Å². The van der Waals surface area contributed by atoms with Crippen LogP contribution in [0.3, 0.4) is 0 Å². The van der Waals surface area contributed by atoms with Gasteiger partial charge in [-0.25, -0.2) is 14.8 Å². The van der Waals surface area contributed by atoms with Crippen molar-refractivity contribution in [2.45, 2.75) is 25.4 Å². The van der Waals surface area contributed by atoms with E-state index in [4.69, 9.17) is 0 Å². The summed E-state index contributed by atoms with van der Waals surface area (Å²) < 4.78 is 0. The maximum atomic E-state index is 11.8. The molecule has 2 heterocycles. The normalized spacial score (nSPS) is 17.9. The number of nitrogens with zero attached hydrogens (tertiary/aromatic N) is 4. The second kappa shape index (κ2) is 8.07. The minimum absolute atomic E-state index is 0.0127. The smallest absolute Gasteiger partial charge is 0.317 e. The van der Waals surface area contributed by atoms with E-state index in [1.54, 1.807) is 25.3 Å². The van der Waals surface area contributed by atoms with E-state index in [2.05, 4.69) is 44.5 Å². The average molecular weight is 339 g/mol. The van der Waals surface area contributed by atoms with Gasteiger partial charge in [0.1, 0.15) is 6.33 Å². The number of carbonyl (C=O) groups excluding carboxylic acids is 1. The first-order valence-corrected chi connectivity index (χ1v) is 8.66. The van der Waals surface area contributed by atoms with Crippen LogP contribution < -0.4 is 5.32 Å². The molecule has 3 rings (SSSR count). The van der Waals surface area contributed by atoms with Crippen LogP contribution >= 0.6 is 0 Å². The molecule has 1 aromatic heterocycles. The molecule has 0 bridgehead atoms. The van der Waals surface area contributed by atoms with Crippen LogP contribution in [0.25, 0.3) is 11.1 Å². The molecule has 0 saturated carbocycles. The highest BCUT2D eigenvalue weighted by Gasteiger charge is 2.21. The zero-order chi connectivity index (χ0) is 17.6. The Labute approximate surface area is 148 Å². The van der Waals surface area contributed by atoms with Gasteiger partial charge in [-0.05, 0) is 30.5 Å². The summed E-state index contributed by atoms with van der Waals surface area (Å²) >= 11 is 0. The molecule has 0 aliphatic carbocycles. The SMILES string of the molecule is CN(C)C(=O)NC1CCCN(Cc2ccc(-c3cncnc3)cc2)C1. The minimum atomic E-state index is -0.0127. The number of benzene rings is 1. The molecule has 0 spiro atoms. The van der Waals surface area contributed by atoms with Crippen LogP contribution in [0, 0.1) is 0 Å². The van der Waals surface area contributed by atoms with Crippen LogP contribution in [0.1, 0.15) is 18.4 Å². The van der Waals surface area contributed by atoms with Gasteiger partial charge in [0.15, 0.2) is 0 Å². The standard InChI is InChI=1S/C19H25N5O/c1-23(2)19(25)22-18-4-3-9-24(13-18)12-15-5-7-16(8-6-15)17-10-20-14-21-11-17/h5-8,10-11,14,18H,3-4,9,12-13H2,1-2H3,(H,22,25). The van der Waals surface area contributed by atoms with Gasteiger partial charge in [-0.1, -0.05) is 24.3 Å². The molecule has 1 atom stereocenters. The van der Waals surface area contributed by atoms with Crippen molar-refractivity contribution in [1.82, 2.24) is 25.1 Å². The van der Waals surface area contributed by atoms with Crippen molar-refractivity contribution in [1.29, 1.82) is 0 Å². The van der Waals surface area contributed by atoms with Gasteiger partial charge in [0.05, 0.1) is 0 Å². The maximum absolute atomic E-state index is 11.8. The van der Waals surface area contributed by atoms with Crippen LogP contribution in [0.4, 0.5) is 4.79 Å². The number of likely N-dealkylation sites (tertiary alicyclic amines) is 1. The first-order valence-electron chi connectivity index (χ1n) is 8.66.